The lowest BCUT2D eigenvalue weighted by Gasteiger charge is -2.56. The van der Waals surface area contributed by atoms with Crippen molar-refractivity contribution in [3.05, 3.63) is 21.9 Å². The highest BCUT2D eigenvalue weighted by atomic mass is 32.1. The quantitative estimate of drug-likeness (QED) is 0.847. The van der Waals surface area contributed by atoms with Crippen LogP contribution in [0.2, 0.25) is 0 Å². The maximum atomic E-state index is 6.03. The molecule has 0 unspecified atom stereocenters. The van der Waals surface area contributed by atoms with Gasteiger partial charge in [0, 0.05) is 21.2 Å². The molecule has 4 bridgehead atoms. The largest absolute Gasteiger partial charge is 0.324 e. The molecule has 98 valence electrons. The molecular weight excluding hydrogens is 238 g/mol. The molecule has 5 rings (SSSR count). The molecule has 18 heavy (non-hydrogen) atoms. The second-order valence-corrected chi connectivity index (χ2v) is 8.30. The van der Waals surface area contributed by atoms with Crippen molar-refractivity contribution in [2.24, 2.45) is 23.5 Å². The van der Waals surface area contributed by atoms with Crippen LogP contribution in [0.15, 0.2) is 12.1 Å². The molecule has 4 aliphatic rings. The second-order valence-electron chi connectivity index (χ2n) is 7.19. The summed E-state index contributed by atoms with van der Waals surface area (Å²) in [4.78, 5) is 3.04. The zero-order valence-corrected chi connectivity index (χ0v) is 12.0. The van der Waals surface area contributed by atoms with E-state index in [2.05, 4.69) is 19.1 Å². The van der Waals surface area contributed by atoms with Gasteiger partial charge in [0.05, 0.1) is 0 Å². The van der Waals surface area contributed by atoms with Crippen LogP contribution in [0.25, 0.3) is 0 Å². The van der Waals surface area contributed by atoms with Crippen molar-refractivity contribution in [3.8, 4) is 0 Å². The Morgan fingerprint density at radius 1 is 1.11 bits per heavy atom. The van der Waals surface area contributed by atoms with E-state index in [0.717, 1.165) is 17.8 Å². The van der Waals surface area contributed by atoms with Gasteiger partial charge in [0.15, 0.2) is 0 Å². The number of hydrogen-bond acceptors (Lipinski definition) is 2. The first-order chi connectivity index (χ1) is 8.64. The fourth-order valence-electron chi connectivity index (χ4n) is 5.30. The van der Waals surface area contributed by atoms with Crippen molar-refractivity contribution in [2.45, 2.75) is 56.9 Å². The van der Waals surface area contributed by atoms with Gasteiger partial charge in [0.25, 0.3) is 0 Å². The molecule has 4 fully saturated rings. The van der Waals surface area contributed by atoms with Crippen LogP contribution in [0.3, 0.4) is 0 Å². The number of hydrogen-bond donors (Lipinski definition) is 1. The van der Waals surface area contributed by atoms with E-state index in [9.17, 15) is 0 Å². The molecule has 2 heteroatoms. The minimum Gasteiger partial charge on any atom is -0.324 e. The molecule has 1 heterocycles. The molecule has 1 atom stereocenters. The van der Waals surface area contributed by atoms with Crippen LogP contribution in [-0.2, 0) is 5.41 Å². The van der Waals surface area contributed by atoms with Gasteiger partial charge in [-0.15, -0.1) is 11.3 Å². The van der Waals surface area contributed by atoms with Crippen LogP contribution in [-0.4, -0.2) is 0 Å². The molecule has 0 saturated heterocycles. The topological polar surface area (TPSA) is 26.0 Å². The Morgan fingerprint density at radius 3 is 2.11 bits per heavy atom. The molecule has 4 saturated carbocycles. The van der Waals surface area contributed by atoms with Crippen LogP contribution >= 0.6 is 11.3 Å². The standard InChI is InChI=1S/C16H23NS/c1-10(17)14-2-3-15(18-14)16-7-11-4-12(8-16)6-13(5-11)9-16/h2-3,10-13H,4-9,17H2,1H3/t10-,11?,12?,13?,16?/m1/s1. The molecule has 0 spiro atoms. The average Bonchev–Trinajstić information content (AvgIpc) is 2.76. The highest BCUT2D eigenvalue weighted by Crippen LogP contribution is 2.61. The predicted octanol–water partition coefficient (Wildman–Crippen LogP) is 4.24. The van der Waals surface area contributed by atoms with E-state index in [1.807, 2.05) is 11.3 Å². The fraction of sp³-hybridized carbons (Fsp3) is 0.750. The minimum atomic E-state index is 0.206. The molecule has 4 aliphatic carbocycles. The van der Waals surface area contributed by atoms with Gasteiger partial charge in [0.1, 0.15) is 0 Å². The van der Waals surface area contributed by atoms with Gasteiger partial charge in [-0.25, -0.2) is 0 Å². The summed E-state index contributed by atoms with van der Waals surface area (Å²) in [6.07, 6.45) is 9.01. The predicted molar refractivity (Wildman–Crippen MR) is 76.8 cm³/mol. The summed E-state index contributed by atoms with van der Waals surface area (Å²) in [6, 6.07) is 4.89. The van der Waals surface area contributed by atoms with E-state index in [1.54, 1.807) is 4.88 Å². The monoisotopic (exact) mass is 261 g/mol. The fourth-order valence-corrected chi connectivity index (χ4v) is 6.47. The number of rotatable bonds is 2. The SMILES string of the molecule is C[C@@H](N)c1ccc(C23CC4CC(CC(C4)C2)C3)s1. The number of thiophene rings is 1. The van der Waals surface area contributed by atoms with E-state index in [1.165, 1.54) is 43.4 Å². The third-order valence-electron chi connectivity index (χ3n) is 5.64. The maximum absolute atomic E-state index is 6.03. The maximum Gasteiger partial charge on any atom is 0.0361 e. The Hall–Kier alpha value is -0.340. The molecule has 0 aromatic carbocycles. The van der Waals surface area contributed by atoms with Crippen LogP contribution in [0.4, 0.5) is 0 Å². The van der Waals surface area contributed by atoms with Crippen molar-refractivity contribution >= 4 is 11.3 Å². The first kappa shape index (κ1) is 11.5. The smallest absolute Gasteiger partial charge is 0.0361 e. The van der Waals surface area contributed by atoms with E-state index >= 15 is 0 Å². The van der Waals surface area contributed by atoms with Crippen molar-refractivity contribution in [3.63, 3.8) is 0 Å². The summed E-state index contributed by atoms with van der Waals surface area (Å²) >= 11 is 2.00. The van der Waals surface area contributed by atoms with Gasteiger partial charge in [-0.05, 0) is 75.3 Å². The third kappa shape index (κ3) is 1.61. The molecule has 0 aliphatic heterocycles. The highest BCUT2D eigenvalue weighted by Gasteiger charge is 2.52. The van der Waals surface area contributed by atoms with Gasteiger partial charge in [0.2, 0.25) is 0 Å². The lowest BCUT2D eigenvalue weighted by Crippen LogP contribution is -2.48. The molecule has 0 amide bonds. The molecule has 2 N–H and O–H groups in total. The molecule has 0 radical (unpaired) electrons. The zero-order valence-electron chi connectivity index (χ0n) is 11.2. The summed E-state index contributed by atoms with van der Waals surface area (Å²) in [5, 5.41) is 0. The summed E-state index contributed by atoms with van der Waals surface area (Å²) in [7, 11) is 0. The Morgan fingerprint density at radius 2 is 1.67 bits per heavy atom. The second kappa shape index (κ2) is 3.83. The number of nitrogens with two attached hydrogens (primary N) is 1. The van der Waals surface area contributed by atoms with Crippen LogP contribution in [0, 0.1) is 17.8 Å². The zero-order chi connectivity index (χ0) is 12.3. The first-order valence-electron chi connectivity index (χ1n) is 7.50. The lowest BCUT2D eigenvalue weighted by atomic mass is 9.49. The van der Waals surface area contributed by atoms with E-state index in [-0.39, 0.29) is 6.04 Å². The summed E-state index contributed by atoms with van der Waals surface area (Å²) in [5.41, 5.74) is 6.59. The van der Waals surface area contributed by atoms with Gasteiger partial charge < -0.3 is 5.73 Å². The van der Waals surface area contributed by atoms with E-state index in [0.29, 0.717) is 5.41 Å². The summed E-state index contributed by atoms with van der Waals surface area (Å²) < 4.78 is 0. The Kier molecular flexibility index (Phi) is 2.44. The molecule has 1 aromatic rings. The summed E-state index contributed by atoms with van der Waals surface area (Å²) in [6.45, 7) is 2.11. The van der Waals surface area contributed by atoms with Crippen molar-refractivity contribution in [1.82, 2.24) is 0 Å². The Labute approximate surface area is 114 Å². The minimum absolute atomic E-state index is 0.206. The summed E-state index contributed by atoms with van der Waals surface area (Å²) in [5.74, 6) is 3.12. The average molecular weight is 261 g/mol. The molecule has 1 aromatic heterocycles. The highest BCUT2D eigenvalue weighted by molar-refractivity contribution is 7.12. The normalized spacial score (nSPS) is 43.3. The van der Waals surface area contributed by atoms with Crippen molar-refractivity contribution in [1.29, 1.82) is 0 Å². The lowest BCUT2D eigenvalue weighted by molar-refractivity contribution is -0.00346. The van der Waals surface area contributed by atoms with Gasteiger partial charge in [-0.3, -0.25) is 0 Å². The van der Waals surface area contributed by atoms with Gasteiger partial charge >= 0.3 is 0 Å². The Bertz CT molecular complexity index is 424. The van der Waals surface area contributed by atoms with Crippen LogP contribution < -0.4 is 5.73 Å². The first-order valence-corrected chi connectivity index (χ1v) is 8.32. The van der Waals surface area contributed by atoms with Crippen LogP contribution in [0.1, 0.15) is 61.2 Å². The van der Waals surface area contributed by atoms with Crippen molar-refractivity contribution < 1.29 is 0 Å². The molecular formula is C16H23NS. The van der Waals surface area contributed by atoms with E-state index < -0.39 is 0 Å². The van der Waals surface area contributed by atoms with Crippen molar-refractivity contribution in [2.75, 3.05) is 0 Å². The van der Waals surface area contributed by atoms with Gasteiger partial charge in [-0.1, -0.05) is 0 Å². The third-order valence-corrected chi connectivity index (χ3v) is 7.17. The van der Waals surface area contributed by atoms with Gasteiger partial charge in [-0.2, -0.15) is 0 Å². The Balaban J connectivity index is 1.70. The van der Waals surface area contributed by atoms with Crippen LogP contribution in [0.5, 0.6) is 0 Å². The van der Waals surface area contributed by atoms with E-state index in [4.69, 9.17) is 5.73 Å². The molecule has 1 nitrogen and oxygen atoms in total.